The van der Waals surface area contributed by atoms with Gasteiger partial charge in [0.25, 0.3) is 0 Å². The van der Waals surface area contributed by atoms with Crippen LogP contribution in [0.1, 0.15) is 12.5 Å². The highest BCUT2D eigenvalue weighted by molar-refractivity contribution is 6.07. The summed E-state index contributed by atoms with van der Waals surface area (Å²) in [5.74, 6) is 2.60. The van der Waals surface area contributed by atoms with Crippen LogP contribution in [0.5, 0.6) is 23.3 Å². The van der Waals surface area contributed by atoms with Crippen LogP contribution < -0.4 is 18.9 Å². The summed E-state index contributed by atoms with van der Waals surface area (Å²) in [5.41, 5.74) is 3.19. The van der Waals surface area contributed by atoms with Crippen LogP contribution in [-0.2, 0) is 6.61 Å². The Morgan fingerprint density at radius 1 is 1.08 bits per heavy atom. The van der Waals surface area contributed by atoms with Crippen molar-refractivity contribution < 1.29 is 18.9 Å². The predicted octanol–water partition coefficient (Wildman–Crippen LogP) is 3.92. The number of hydrogen-bond acceptors (Lipinski definition) is 5. The van der Waals surface area contributed by atoms with Crippen LogP contribution in [0, 0.1) is 0 Å². The van der Waals surface area contributed by atoms with E-state index in [0.717, 1.165) is 39.0 Å². The van der Waals surface area contributed by atoms with E-state index in [4.69, 9.17) is 18.9 Å². The van der Waals surface area contributed by atoms with Crippen LogP contribution in [0.25, 0.3) is 21.9 Å². The molecule has 0 fully saturated rings. The molecule has 5 heteroatoms. The maximum absolute atomic E-state index is 5.92. The molecule has 0 amide bonds. The first-order chi connectivity index (χ1) is 11.9. The molecule has 0 saturated carbocycles. The van der Waals surface area contributed by atoms with Gasteiger partial charge >= 0.3 is 0 Å². The number of hydrogen-bond donors (Lipinski definition) is 0. The van der Waals surface area contributed by atoms with Crippen LogP contribution in [-0.4, -0.2) is 18.4 Å². The smallest absolute Gasteiger partial charge is 0.231 e. The fourth-order valence-corrected chi connectivity index (χ4v) is 3.35. The third-order valence-electron chi connectivity index (χ3n) is 4.37. The summed E-state index contributed by atoms with van der Waals surface area (Å²) in [7, 11) is 0. The lowest BCUT2D eigenvalue weighted by atomic mass is 9.94. The first-order valence-electron chi connectivity index (χ1n) is 7.97. The van der Waals surface area contributed by atoms with E-state index in [1.165, 1.54) is 0 Å². The van der Waals surface area contributed by atoms with Gasteiger partial charge in [0.2, 0.25) is 18.6 Å². The second kappa shape index (κ2) is 5.03. The summed E-state index contributed by atoms with van der Waals surface area (Å²) in [5, 5.41) is 1.84. The SMILES string of the molecule is CCOc1nc2c(c3c4c(ccc13)OCO4)-c1ccccc1CO2. The van der Waals surface area contributed by atoms with E-state index >= 15 is 0 Å². The number of ether oxygens (including phenoxy) is 4. The lowest BCUT2D eigenvalue weighted by Crippen LogP contribution is -2.09. The standard InChI is InChI=1S/C19H15NO4/c1-2-21-18-13-7-8-14-17(24-10-23-14)15(13)16-12-6-4-3-5-11(12)9-22-19(16)20-18/h3-8H,2,9-10H2,1H3. The van der Waals surface area contributed by atoms with Crippen molar-refractivity contribution in [2.75, 3.05) is 13.4 Å². The first-order valence-corrected chi connectivity index (χ1v) is 7.97. The molecule has 2 aliphatic rings. The summed E-state index contributed by atoms with van der Waals surface area (Å²) in [6.45, 7) is 3.19. The molecule has 2 aliphatic heterocycles. The normalized spacial score (nSPS) is 14.0. The third-order valence-corrected chi connectivity index (χ3v) is 4.37. The molecule has 120 valence electrons. The van der Waals surface area contributed by atoms with Gasteiger partial charge in [-0.2, -0.15) is 4.98 Å². The molecule has 0 unspecified atom stereocenters. The van der Waals surface area contributed by atoms with Gasteiger partial charge in [0.05, 0.1) is 12.2 Å². The van der Waals surface area contributed by atoms with Gasteiger partial charge in [0.15, 0.2) is 11.5 Å². The van der Waals surface area contributed by atoms with Crippen LogP contribution in [0.3, 0.4) is 0 Å². The number of rotatable bonds is 2. The molecule has 5 rings (SSSR count). The molecule has 5 nitrogen and oxygen atoms in total. The molecule has 0 saturated heterocycles. The van der Waals surface area contributed by atoms with Gasteiger partial charge in [0.1, 0.15) is 6.61 Å². The summed E-state index contributed by atoms with van der Waals surface area (Å²) in [6.07, 6.45) is 0. The zero-order chi connectivity index (χ0) is 16.1. The van der Waals surface area contributed by atoms with Crippen LogP contribution >= 0.6 is 0 Å². The van der Waals surface area contributed by atoms with Gasteiger partial charge in [-0.1, -0.05) is 24.3 Å². The Kier molecular flexibility index (Phi) is 2.82. The Labute approximate surface area is 138 Å². The fourth-order valence-electron chi connectivity index (χ4n) is 3.35. The summed E-state index contributed by atoms with van der Waals surface area (Å²) >= 11 is 0. The zero-order valence-electron chi connectivity index (χ0n) is 13.2. The number of fused-ring (bicyclic) bond motifs is 7. The lowest BCUT2D eigenvalue weighted by Gasteiger charge is -2.23. The van der Waals surface area contributed by atoms with E-state index in [1.54, 1.807) is 0 Å². The lowest BCUT2D eigenvalue weighted by molar-refractivity contribution is 0.175. The highest BCUT2D eigenvalue weighted by Gasteiger charge is 2.29. The molecule has 0 bridgehead atoms. The molecule has 0 aliphatic carbocycles. The topological polar surface area (TPSA) is 49.8 Å². The Balaban J connectivity index is 1.93. The van der Waals surface area contributed by atoms with Gasteiger partial charge in [-0.3, -0.25) is 0 Å². The van der Waals surface area contributed by atoms with Crippen molar-refractivity contribution in [3.05, 3.63) is 42.0 Å². The Morgan fingerprint density at radius 2 is 2.00 bits per heavy atom. The first kappa shape index (κ1) is 13.5. The van der Waals surface area contributed by atoms with Crippen LogP contribution in [0.2, 0.25) is 0 Å². The number of pyridine rings is 1. The van der Waals surface area contributed by atoms with Crippen molar-refractivity contribution in [2.45, 2.75) is 13.5 Å². The second-order valence-electron chi connectivity index (χ2n) is 5.70. The average Bonchev–Trinajstić information content (AvgIpc) is 3.10. The van der Waals surface area contributed by atoms with Crippen molar-refractivity contribution in [3.8, 4) is 34.4 Å². The molecule has 3 aromatic rings. The molecule has 1 aromatic heterocycles. The monoisotopic (exact) mass is 321 g/mol. The van der Waals surface area contributed by atoms with E-state index < -0.39 is 0 Å². The molecule has 2 aromatic carbocycles. The van der Waals surface area contributed by atoms with E-state index in [1.807, 2.05) is 31.2 Å². The predicted molar refractivity (Wildman–Crippen MR) is 88.8 cm³/mol. The second-order valence-corrected chi connectivity index (χ2v) is 5.70. The van der Waals surface area contributed by atoms with Crippen LogP contribution in [0.4, 0.5) is 0 Å². The largest absolute Gasteiger partial charge is 0.477 e. The van der Waals surface area contributed by atoms with Gasteiger partial charge in [-0.25, -0.2) is 0 Å². The molecule has 3 heterocycles. The van der Waals surface area contributed by atoms with Gasteiger partial charge in [-0.15, -0.1) is 0 Å². The minimum atomic E-state index is 0.220. The Bertz CT molecular complexity index is 967. The molecule has 0 radical (unpaired) electrons. The number of benzene rings is 2. The van der Waals surface area contributed by atoms with E-state index in [-0.39, 0.29) is 6.79 Å². The molecule has 0 spiro atoms. The highest BCUT2D eigenvalue weighted by Crippen LogP contribution is 2.50. The molecular formula is C19H15NO4. The maximum atomic E-state index is 5.92. The van der Waals surface area contributed by atoms with Crippen molar-refractivity contribution >= 4 is 10.8 Å². The van der Waals surface area contributed by atoms with Crippen molar-refractivity contribution in [3.63, 3.8) is 0 Å². The van der Waals surface area contributed by atoms with Crippen LogP contribution in [0.15, 0.2) is 36.4 Å². The fraction of sp³-hybridized carbons (Fsp3) is 0.211. The Morgan fingerprint density at radius 3 is 2.92 bits per heavy atom. The summed E-state index contributed by atoms with van der Waals surface area (Å²) in [6, 6.07) is 12.1. The van der Waals surface area contributed by atoms with Crippen molar-refractivity contribution in [1.82, 2.24) is 4.98 Å². The zero-order valence-corrected chi connectivity index (χ0v) is 13.2. The van der Waals surface area contributed by atoms with Gasteiger partial charge < -0.3 is 18.9 Å². The van der Waals surface area contributed by atoms with Crippen molar-refractivity contribution in [1.29, 1.82) is 0 Å². The molecule has 24 heavy (non-hydrogen) atoms. The Hall–Kier alpha value is -2.95. The van der Waals surface area contributed by atoms with E-state index in [0.29, 0.717) is 25.0 Å². The summed E-state index contributed by atoms with van der Waals surface area (Å²) < 4.78 is 23.0. The number of aromatic nitrogens is 1. The summed E-state index contributed by atoms with van der Waals surface area (Å²) in [4.78, 5) is 4.61. The van der Waals surface area contributed by atoms with Crippen molar-refractivity contribution in [2.24, 2.45) is 0 Å². The number of nitrogens with zero attached hydrogens (tertiary/aromatic N) is 1. The third kappa shape index (κ3) is 1.78. The molecule has 0 atom stereocenters. The highest BCUT2D eigenvalue weighted by atomic mass is 16.7. The van der Waals surface area contributed by atoms with E-state index in [9.17, 15) is 0 Å². The minimum absolute atomic E-state index is 0.220. The van der Waals surface area contributed by atoms with Gasteiger partial charge in [0, 0.05) is 10.8 Å². The van der Waals surface area contributed by atoms with E-state index in [2.05, 4.69) is 17.1 Å². The quantitative estimate of drug-likeness (QED) is 0.716. The average molecular weight is 321 g/mol. The molecular weight excluding hydrogens is 306 g/mol. The minimum Gasteiger partial charge on any atom is -0.477 e. The maximum Gasteiger partial charge on any atom is 0.231 e. The van der Waals surface area contributed by atoms with Gasteiger partial charge in [-0.05, 0) is 30.2 Å². The molecule has 0 N–H and O–H groups in total.